The Balaban J connectivity index is 0.00000261. The van der Waals surface area contributed by atoms with Gasteiger partial charge in [0.25, 0.3) is 0 Å². The number of rotatable bonds is 6. The van der Waals surface area contributed by atoms with Crippen LogP contribution in [0.5, 0.6) is 0 Å². The van der Waals surface area contributed by atoms with Crippen LogP contribution in [0.15, 0.2) is 71.9 Å². The van der Waals surface area contributed by atoms with Crippen molar-refractivity contribution in [3.05, 3.63) is 87.9 Å². The minimum atomic E-state index is 0. The third-order valence-electron chi connectivity index (χ3n) is 4.18. The van der Waals surface area contributed by atoms with Crippen LogP contribution in [0.25, 0.3) is 0 Å². The summed E-state index contributed by atoms with van der Waals surface area (Å²) in [7, 11) is 1.79. The molecule has 0 amide bonds. The Morgan fingerprint density at radius 3 is 2.07 bits per heavy atom. The van der Waals surface area contributed by atoms with Gasteiger partial charge < -0.3 is 10.6 Å². The predicted molar refractivity (Wildman–Crippen MR) is 125 cm³/mol. The van der Waals surface area contributed by atoms with Crippen molar-refractivity contribution < 1.29 is 0 Å². The predicted octanol–water partition coefficient (Wildman–Crippen LogP) is 4.57. The number of aromatic nitrogens is 1. The van der Waals surface area contributed by atoms with Gasteiger partial charge in [-0.05, 0) is 18.1 Å². The molecular formula is C21H25IN4S. The lowest BCUT2D eigenvalue weighted by Crippen LogP contribution is -2.39. The zero-order valence-electron chi connectivity index (χ0n) is 15.6. The van der Waals surface area contributed by atoms with Gasteiger partial charge in [-0.25, -0.2) is 4.98 Å². The van der Waals surface area contributed by atoms with E-state index in [0.29, 0.717) is 6.54 Å². The van der Waals surface area contributed by atoms with Gasteiger partial charge >= 0.3 is 0 Å². The van der Waals surface area contributed by atoms with E-state index in [-0.39, 0.29) is 29.9 Å². The number of halogens is 1. The molecule has 0 aliphatic carbocycles. The van der Waals surface area contributed by atoms with E-state index >= 15 is 0 Å². The van der Waals surface area contributed by atoms with E-state index in [4.69, 9.17) is 0 Å². The van der Waals surface area contributed by atoms with Crippen LogP contribution in [-0.2, 0) is 6.54 Å². The molecule has 3 rings (SSSR count). The molecule has 0 saturated heterocycles. The summed E-state index contributed by atoms with van der Waals surface area (Å²) >= 11 is 1.70. The normalized spacial score (nSPS) is 11.1. The molecule has 0 unspecified atom stereocenters. The Bertz CT molecular complexity index is 794. The third kappa shape index (κ3) is 6.32. The van der Waals surface area contributed by atoms with Crippen molar-refractivity contribution in [2.24, 2.45) is 4.99 Å². The second-order valence-electron chi connectivity index (χ2n) is 6.05. The molecule has 142 valence electrons. The maximum absolute atomic E-state index is 4.39. The van der Waals surface area contributed by atoms with Crippen LogP contribution in [0.1, 0.15) is 26.9 Å². The van der Waals surface area contributed by atoms with E-state index in [1.807, 2.05) is 6.20 Å². The first kappa shape index (κ1) is 21.4. The SMILES string of the molecule is CN=C(NCc1ncc(C)s1)NCC(c1ccccc1)c1ccccc1.I. The molecule has 0 saturated carbocycles. The molecule has 3 aromatic rings. The Morgan fingerprint density at radius 2 is 1.59 bits per heavy atom. The Kier molecular flexibility index (Phi) is 8.74. The highest BCUT2D eigenvalue weighted by atomic mass is 127. The molecule has 0 bridgehead atoms. The summed E-state index contributed by atoms with van der Waals surface area (Å²) < 4.78 is 0. The van der Waals surface area contributed by atoms with Gasteiger partial charge in [0.15, 0.2) is 5.96 Å². The van der Waals surface area contributed by atoms with Crippen LogP contribution in [-0.4, -0.2) is 24.5 Å². The fraction of sp³-hybridized carbons (Fsp3) is 0.238. The van der Waals surface area contributed by atoms with E-state index in [2.05, 4.69) is 88.2 Å². The molecule has 0 aliphatic heterocycles. The second kappa shape index (κ2) is 11.0. The van der Waals surface area contributed by atoms with E-state index in [1.54, 1.807) is 18.4 Å². The summed E-state index contributed by atoms with van der Waals surface area (Å²) in [5.41, 5.74) is 2.58. The van der Waals surface area contributed by atoms with Crippen LogP contribution in [0.4, 0.5) is 0 Å². The van der Waals surface area contributed by atoms with Crippen LogP contribution in [0.3, 0.4) is 0 Å². The van der Waals surface area contributed by atoms with Crippen molar-refractivity contribution >= 4 is 41.3 Å². The number of hydrogen-bond donors (Lipinski definition) is 2. The molecule has 0 aliphatic rings. The van der Waals surface area contributed by atoms with Crippen molar-refractivity contribution in [3.8, 4) is 0 Å². The fourth-order valence-corrected chi connectivity index (χ4v) is 3.59. The number of hydrogen-bond acceptors (Lipinski definition) is 3. The summed E-state index contributed by atoms with van der Waals surface area (Å²) in [4.78, 5) is 9.95. The summed E-state index contributed by atoms with van der Waals surface area (Å²) in [6.07, 6.45) is 1.90. The standard InChI is InChI=1S/C21H24N4S.HI/c1-16-13-23-20(26-16)15-25-21(22-2)24-14-19(17-9-5-3-6-10-17)18-11-7-4-8-12-18;/h3-13,19H,14-15H2,1-2H3,(H2,22,24,25);1H. The fourth-order valence-electron chi connectivity index (χ4n) is 2.86. The van der Waals surface area contributed by atoms with Crippen molar-refractivity contribution in [1.82, 2.24) is 15.6 Å². The molecule has 0 radical (unpaired) electrons. The molecular weight excluding hydrogens is 467 g/mol. The highest BCUT2D eigenvalue weighted by Gasteiger charge is 2.14. The zero-order chi connectivity index (χ0) is 18.2. The average Bonchev–Trinajstić information content (AvgIpc) is 3.11. The van der Waals surface area contributed by atoms with Crippen LogP contribution in [0.2, 0.25) is 0 Å². The number of aliphatic imine (C=N–C) groups is 1. The van der Waals surface area contributed by atoms with Crippen LogP contribution >= 0.6 is 35.3 Å². The minimum Gasteiger partial charge on any atom is -0.355 e. The lowest BCUT2D eigenvalue weighted by atomic mass is 9.91. The van der Waals surface area contributed by atoms with Crippen molar-refractivity contribution in [3.63, 3.8) is 0 Å². The van der Waals surface area contributed by atoms with Gasteiger partial charge in [0, 0.05) is 30.6 Å². The summed E-state index contributed by atoms with van der Waals surface area (Å²) in [5.74, 6) is 1.05. The molecule has 0 spiro atoms. The van der Waals surface area contributed by atoms with E-state index in [0.717, 1.165) is 17.5 Å². The van der Waals surface area contributed by atoms with Gasteiger partial charge in [0.05, 0.1) is 6.54 Å². The highest BCUT2D eigenvalue weighted by Crippen LogP contribution is 2.23. The van der Waals surface area contributed by atoms with Crippen LogP contribution < -0.4 is 10.6 Å². The highest BCUT2D eigenvalue weighted by molar-refractivity contribution is 14.0. The Hall–Kier alpha value is -1.93. The molecule has 0 atom stereocenters. The van der Waals surface area contributed by atoms with E-state index < -0.39 is 0 Å². The molecule has 1 heterocycles. The quantitative estimate of drug-likeness (QED) is 0.301. The van der Waals surface area contributed by atoms with Crippen molar-refractivity contribution in [2.75, 3.05) is 13.6 Å². The van der Waals surface area contributed by atoms with Crippen molar-refractivity contribution in [1.29, 1.82) is 0 Å². The van der Waals surface area contributed by atoms with Gasteiger partial charge in [-0.3, -0.25) is 4.99 Å². The van der Waals surface area contributed by atoms with Gasteiger partial charge in [-0.15, -0.1) is 35.3 Å². The first-order valence-electron chi connectivity index (χ1n) is 8.72. The third-order valence-corrected chi connectivity index (χ3v) is 5.09. The number of nitrogens with zero attached hydrogens (tertiary/aromatic N) is 2. The molecule has 6 heteroatoms. The monoisotopic (exact) mass is 492 g/mol. The number of thiazole rings is 1. The largest absolute Gasteiger partial charge is 0.355 e. The Labute approximate surface area is 182 Å². The van der Waals surface area contributed by atoms with Gasteiger partial charge in [0.2, 0.25) is 0 Å². The summed E-state index contributed by atoms with van der Waals surface area (Å²) in [6.45, 7) is 3.52. The topological polar surface area (TPSA) is 49.3 Å². The van der Waals surface area contributed by atoms with Gasteiger partial charge in [-0.2, -0.15) is 0 Å². The smallest absolute Gasteiger partial charge is 0.191 e. The minimum absolute atomic E-state index is 0. The molecule has 27 heavy (non-hydrogen) atoms. The molecule has 0 fully saturated rings. The summed E-state index contributed by atoms with van der Waals surface area (Å²) in [6, 6.07) is 21.1. The maximum atomic E-state index is 4.39. The van der Waals surface area contributed by atoms with Gasteiger partial charge in [0.1, 0.15) is 5.01 Å². The maximum Gasteiger partial charge on any atom is 0.191 e. The zero-order valence-corrected chi connectivity index (χ0v) is 18.7. The molecule has 4 nitrogen and oxygen atoms in total. The van der Waals surface area contributed by atoms with E-state index in [1.165, 1.54) is 16.0 Å². The van der Waals surface area contributed by atoms with Crippen molar-refractivity contribution in [2.45, 2.75) is 19.4 Å². The number of aryl methyl sites for hydroxylation is 1. The molecule has 1 aromatic heterocycles. The van der Waals surface area contributed by atoms with Gasteiger partial charge in [-0.1, -0.05) is 60.7 Å². The van der Waals surface area contributed by atoms with Crippen LogP contribution in [0, 0.1) is 6.92 Å². The first-order chi connectivity index (χ1) is 12.8. The average molecular weight is 492 g/mol. The Morgan fingerprint density at radius 1 is 1.00 bits per heavy atom. The molecule has 2 aromatic carbocycles. The number of guanidine groups is 1. The first-order valence-corrected chi connectivity index (χ1v) is 9.53. The lowest BCUT2D eigenvalue weighted by molar-refractivity contribution is 0.727. The molecule has 2 N–H and O–H groups in total. The number of nitrogens with one attached hydrogen (secondary N) is 2. The second-order valence-corrected chi connectivity index (χ2v) is 7.36. The summed E-state index contributed by atoms with van der Waals surface area (Å²) in [5, 5.41) is 7.87. The number of benzene rings is 2. The lowest BCUT2D eigenvalue weighted by Gasteiger charge is -2.20. The van der Waals surface area contributed by atoms with E-state index in [9.17, 15) is 0 Å².